The van der Waals surface area contributed by atoms with Crippen LogP contribution >= 0.6 is 0 Å². The molecule has 1 fully saturated rings. The third-order valence-corrected chi connectivity index (χ3v) is 4.77. The van der Waals surface area contributed by atoms with E-state index >= 15 is 0 Å². The first-order chi connectivity index (χ1) is 9.24. The molecule has 0 radical (unpaired) electrons. The Morgan fingerprint density at radius 1 is 1.37 bits per heavy atom. The molecule has 0 bridgehead atoms. The van der Waals surface area contributed by atoms with Crippen LogP contribution in [-0.2, 0) is 6.42 Å². The SMILES string of the molecule is CCC1CCC(C(Cc2cccnc2N)NC)CC1. The van der Waals surface area contributed by atoms with Crippen molar-refractivity contribution in [3.05, 3.63) is 23.9 Å². The van der Waals surface area contributed by atoms with Crippen LogP contribution in [0.2, 0.25) is 0 Å². The highest BCUT2D eigenvalue weighted by atomic mass is 14.9. The molecule has 0 aliphatic heterocycles. The van der Waals surface area contributed by atoms with Crippen molar-refractivity contribution in [3.8, 4) is 0 Å². The molecule has 1 heterocycles. The Hall–Kier alpha value is -1.09. The van der Waals surface area contributed by atoms with Crippen molar-refractivity contribution in [1.82, 2.24) is 10.3 Å². The summed E-state index contributed by atoms with van der Waals surface area (Å²) < 4.78 is 0. The maximum absolute atomic E-state index is 5.96. The normalized spacial score (nSPS) is 25.2. The lowest BCUT2D eigenvalue weighted by Crippen LogP contribution is -2.37. The summed E-state index contributed by atoms with van der Waals surface area (Å²) in [6.45, 7) is 2.32. The van der Waals surface area contributed by atoms with E-state index in [4.69, 9.17) is 5.73 Å². The predicted octanol–water partition coefficient (Wildman–Crippen LogP) is 3.01. The number of rotatable bonds is 5. The fourth-order valence-corrected chi connectivity index (χ4v) is 3.36. The number of hydrogen-bond acceptors (Lipinski definition) is 3. The number of nitrogens with zero attached hydrogens (tertiary/aromatic N) is 1. The van der Waals surface area contributed by atoms with Gasteiger partial charge in [-0.05, 0) is 49.8 Å². The van der Waals surface area contributed by atoms with Crippen molar-refractivity contribution in [2.45, 2.75) is 51.5 Å². The number of aromatic nitrogens is 1. The minimum Gasteiger partial charge on any atom is -0.383 e. The first-order valence-electron chi connectivity index (χ1n) is 7.61. The Kier molecular flexibility index (Phi) is 5.20. The molecule has 3 heteroatoms. The minimum absolute atomic E-state index is 0.532. The van der Waals surface area contributed by atoms with Crippen LogP contribution in [0, 0.1) is 11.8 Å². The average Bonchev–Trinajstić information content (AvgIpc) is 2.47. The molecule has 3 N–H and O–H groups in total. The van der Waals surface area contributed by atoms with Gasteiger partial charge in [0.25, 0.3) is 0 Å². The second kappa shape index (κ2) is 6.90. The number of anilines is 1. The van der Waals surface area contributed by atoms with Gasteiger partial charge in [-0.2, -0.15) is 0 Å². The molecule has 1 saturated carbocycles. The summed E-state index contributed by atoms with van der Waals surface area (Å²) in [5.74, 6) is 2.43. The van der Waals surface area contributed by atoms with E-state index in [-0.39, 0.29) is 0 Å². The Labute approximate surface area is 117 Å². The molecule has 1 aliphatic carbocycles. The van der Waals surface area contributed by atoms with Gasteiger partial charge in [-0.25, -0.2) is 4.98 Å². The van der Waals surface area contributed by atoms with Gasteiger partial charge in [0.2, 0.25) is 0 Å². The molecule has 1 aliphatic rings. The largest absolute Gasteiger partial charge is 0.383 e. The van der Waals surface area contributed by atoms with Crippen LogP contribution in [0.1, 0.15) is 44.6 Å². The summed E-state index contributed by atoms with van der Waals surface area (Å²) >= 11 is 0. The highest BCUT2D eigenvalue weighted by Gasteiger charge is 2.26. The van der Waals surface area contributed by atoms with E-state index in [9.17, 15) is 0 Å². The molecule has 2 rings (SSSR count). The number of nitrogen functional groups attached to an aromatic ring is 1. The zero-order valence-corrected chi connectivity index (χ0v) is 12.2. The highest BCUT2D eigenvalue weighted by molar-refractivity contribution is 5.38. The van der Waals surface area contributed by atoms with Crippen molar-refractivity contribution in [1.29, 1.82) is 0 Å². The first-order valence-corrected chi connectivity index (χ1v) is 7.61. The average molecular weight is 261 g/mol. The molecule has 0 saturated heterocycles. The fraction of sp³-hybridized carbons (Fsp3) is 0.688. The second-order valence-electron chi connectivity index (χ2n) is 5.84. The van der Waals surface area contributed by atoms with E-state index in [0.29, 0.717) is 11.9 Å². The number of pyridine rings is 1. The van der Waals surface area contributed by atoms with Gasteiger partial charge in [0.05, 0.1) is 0 Å². The summed E-state index contributed by atoms with van der Waals surface area (Å²) in [5, 5.41) is 3.50. The van der Waals surface area contributed by atoms with E-state index in [1.54, 1.807) is 6.20 Å². The zero-order valence-electron chi connectivity index (χ0n) is 12.2. The van der Waals surface area contributed by atoms with Gasteiger partial charge in [-0.3, -0.25) is 0 Å². The number of hydrogen-bond donors (Lipinski definition) is 2. The van der Waals surface area contributed by atoms with Gasteiger partial charge in [-0.1, -0.05) is 32.3 Å². The summed E-state index contributed by atoms with van der Waals surface area (Å²) in [5.41, 5.74) is 7.14. The predicted molar refractivity (Wildman–Crippen MR) is 80.9 cm³/mol. The van der Waals surface area contributed by atoms with Crippen molar-refractivity contribution >= 4 is 5.82 Å². The Bertz CT molecular complexity index is 383. The molecule has 3 nitrogen and oxygen atoms in total. The monoisotopic (exact) mass is 261 g/mol. The molecule has 0 aromatic carbocycles. The maximum atomic E-state index is 5.96. The topological polar surface area (TPSA) is 50.9 Å². The molecular weight excluding hydrogens is 234 g/mol. The quantitative estimate of drug-likeness (QED) is 0.856. The fourth-order valence-electron chi connectivity index (χ4n) is 3.36. The lowest BCUT2D eigenvalue weighted by Gasteiger charge is -2.33. The van der Waals surface area contributed by atoms with Crippen LogP contribution < -0.4 is 11.1 Å². The van der Waals surface area contributed by atoms with Gasteiger partial charge in [0.15, 0.2) is 0 Å². The van der Waals surface area contributed by atoms with Gasteiger partial charge < -0.3 is 11.1 Å². The Morgan fingerprint density at radius 2 is 2.11 bits per heavy atom. The summed E-state index contributed by atoms with van der Waals surface area (Å²) in [6, 6.07) is 4.61. The van der Waals surface area contributed by atoms with Crippen LogP contribution in [0.25, 0.3) is 0 Å². The molecule has 19 heavy (non-hydrogen) atoms. The summed E-state index contributed by atoms with van der Waals surface area (Å²) in [6.07, 6.45) is 9.59. The van der Waals surface area contributed by atoms with E-state index < -0.39 is 0 Å². The highest BCUT2D eigenvalue weighted by Crippen LogP contribution is 2.33. The number of nitrogens with two attached hydrogens (primary N) is 1. The molecular formula is C16H27N3. The molecule has 0 spiro atoms. The van der Waals surface area contributed by atoms with Crippen LogP contribution in [0.4, 0.5) is 5.82 Å². The van der Waals surface area contributed by atoms with E-state index in [1.807, 2.05) is 6.07 Å². The Balaban J connectivity index is 1.95. The van der Waals surface area contributed by atoms with Gasteiger partial charge in [-0.15, -0.1) is 0 Å². The van der Waals surface area contributed by atoms with Crippen LogP contribution in [0.15, 0.2) is 18.3 Å². The maximum Gasteiger partial charge on any atom is 0.126 e. The molecule has 1 aromatic heterocycles. The molecule has 0 amide bonds. The van der Waals surface area contributed by atoms with Crippen molar-refractivity contribution in [2.24, 2.45) is 11.8 Å². The molecule has 106 valence electrons. The van der Waals surface area contributed by atoms with Gasteiger partial charge in [0.1, 0.15) is 5.82 Å². The van der Waals surface area contributed by atoms with Crippen LogP contribution in [0.3, 0.4) is 0 Å². The van der Waals surface area contributed by atoms with Crippen molar-refractivity contribution < 1.29 is 0 Å². The smallest absolute Gasteiger partial charge is 0.126 e. The van der Waals surface area contributed by atoms with Gasteiger partial charge >= 0.3 is 0 Å². The lowest BCUT2D eigenvalue weighted by atomic mass is 9.76. The molecule has 1 atom stereocenters. The molecule has 1 aromatic rings. The van der Waals surface area contributed by atoms with Gasteiger partial charge in [0, 0.05) is 12.2 Å². The van der Waals surface area contributed by atoms with Crippen molar-refractivity contribution in [3.63, 3.8) is 0 Å². The minimum atomic E-state index is 0.532. The van der Waals surface area contributed by atoms with Crippen molar-refractivity contribution in [2.75, 3.05) is 12.8 Å². The lowest BCUT2D eigenvalue weighted by molar-refractivity contribution is 0.222. The second-order valence-corrected chi connectivity index (χ2v) is 5.84. The first kappa shape index (κ1) is 14.3. The third-order valence-electron chi connectivity index (χ3n) is 4.77. The van der Waals surface area contributed by atoms with E-state index in [1.165, 1.54) is 37.7 Å². The van der Waals surface area contributed by atoms with E-state index in [2.05, 4.69) is 30.3 Å². The zero-order chi connectivity index (χ0) is 13.7. The summed E-state index contributed by atoms with van der Waals surface area (Å²) in [4.78, 5) is 4.19. The van der Waals surface area contributed by atoms with Crippen LogP contribution in [0.5, 0.6) is 0 Å². The Morgan fingerprint density at radius 3 is 2.68 bits per heavy atom. The molecule has 1 unspecified atom stereocenters. The third kappa shape index (κ3) is 3.69. The summed E-state index contributed by atoms with van der Waals surface area (Å²) in [7, 11) is 2.07. The number of nitrogens with one attached hydrogen (secondary N) is 1. The standard InChI is InChI=1S/C16H27N3/c1-3-12-6-8-13(9-7-12)15(18-2)11-14-5-4-10-19-16(14)17/h4-5,10,12-13,15,18H,3,6-9,11H2,1-2H3,(H2,17,19). The van der Waals surface area contributed by atoms with Crippen LogP contribution in [-0.4, -0.2) is 18.1 Å². The number of likely N-dealkylation sites (N-methyl/N-ethyl adjacent to an activating group) is 1. The van der Waals surface area contributed by atoms with E-state index in [0.717, 1.165) is 18.3 Å².